The number of halogens is 7. The van der Waals surface area contributed by atoms with E-state index in [1.807, 2.05) is 0 Å². The molecule has 10 heteroatoms. The van der Waals surface area contributed by atoms with Crippen molar-refractivity contribution in [3.8, 4) is 0 Å². The molecule has 0 radical (unpaired) electrons. The second-order valence-corrected chi connectivity index (χ2v) is 11.0. The minimum absolute atomic E-state index is 0.0365. The van der Waals surface area contributed by atoms with E-state index in [-0.39, 0.29) is 33.8 Å². The molecule has 0 saturated heterocycles. The first-order chi connectivity index (χ1) is 16.4. The zero-order valence-electron chi connectivity index (χ0n) is 17.9. The van der Waals surface area contributed by atoms with E-state index in [0.717, 1.165) is 6.07 Å². The molecule has 1 aliphatic carbocycles. The highest BCUT2D eigenvalue weighted by Crippen LogP contribution is 2.65. The molecule has 1 aliphatic rings. The Morgan fingerprint density at radius 2 is 1.63 bits per heavy atom. The van der Waals surface area contributed by atoms with Gasteiger partial charge >= 0.3 is 0 Å². The van der Waals surface area contributed by atoms with Gasteiger partial charge in [-0.2, -0.15) is 0 Å². The quantitative estimate of drug-likeness (QED) is 0.237. The van der Waals surface area contributed by atoms with Gasteiger partial charge in [0.25, 0.3) is 0 Å². The maximum atomic E-state index is 14.4. The summed E-state index contributed by atoms with van der Waals surface area (Å²) in [5.74, 6) is -3.81. The van der Waals surface area contributed by atoms with Crippen molar-refractivity contribution in [2.45, 2.75) is 23.6 Å². The second kappa shape index (κ2) is 9.87. The molecular weight excluding hydrogens is 562 g/mol. The summed E-state index contributed by atoms with van der Waals surface area (Å²) in [6, 6.07) is 11.5. The lowest BCUT2D eigenvalue weighted by Crippen LogP contribution is -2.17. The number of nitrogens with one attached hydrogen (secondary N) is 1. The zero-order valence-corrected chi connectivity index (χ0v) is 21.7. The summed E-state index contributed by atoms with van der Waals surface area (Å²) in [5.41, 5.74) is 0.832. The summed E-state index contributed by atoms with van der Waals surface area (Å²) in [4.78, 5) is 25.8. The standard InChI is InChI=1S/C25H16Cl5F2NO2/c1-11-19(31)5-2-12(23(11)32)8-20(34)17-10-16(3-4-18(17)28)33-24(35)22-21(25(22,29)30)13-6-14(26)9-15(27)7-13/h2-7,9-10,21-22H,8H2,1H3,(H,33,35). The lowest BCUT2D eigenvalue weighted by molar-refractivity contribution is -0.117. The monoisotopic (exact) mass is 575 g/mol. The fourth-order valence-electron chi connectivity index (χ4n) is 3.98. The molecule has 1 saturated carbocycles. The van der Waals surface area contributed by atoms with Crippen LogP contribution in [0.25, 0.3) is 0 Å². The molecule has 1 N–H and O–H groups in total. The van der Waals surface area contributed by atoms with E-state index in [9.17, 15) is 18.4 Å². The van der Waals surface area contributed by atoms with Crippen molar-refractivity contribution in [1.82, 2.24) is 0 Å². The van der Waals surface area contributed by atoms with Crippen molar-refractivity contribution in [2.24, 2.45) is 5.92 Å². The van der Waals surface area contributed by atoms with Gasteiger partial charge in [0, 0.05) is 39.2 Å². The number of Topliss-reactive ketones (excluding diaryl/α,β-unsaturated/α-hetero) is 1. The molecule has 3 nitrogen and oxygen atoms in total. The Bertz CT molecular complexity index is 1340. The van der Waals surface area contributed by atoms with Gasteiger partial charge in [0.05, 0.1) is 10.9 Å². The number of benzene rings is 3. The first-order valence-corrected chi connectivity index (χ1v) is 12.2. The zero-order chi connectivity index (χ0) is 25.7. The van der Waals surface area contributed by atoms with Gasteiger partial charge in [-0.25, -0.2) is 8.78 Å². The van der Waals surface area contributed by atoms with E-state index < -0.39 is 39.5 Å². The third-order valence-corrected chi connectivity index (χ3v) is 7.57. The van der Waals surface area contributed by atoms with Crippen molar-refractivity contribution in [3.63, 3.8) is 0 Å². The smallest absolute Gasteiger partial charge is 0.231 e. The number of ketones is 1. The predicted molar refractivity (Wildman–Crippen MR) is 136 cm³/mol. The Morgan fingerprint density at radius 3 is 2.29 bits per heavy atom. The normalized spacial score (nSPS) is 18.3. The molecule has 35 heavy (non-hydrogen) atoms. The fourth-order valence-corrected chi connectivity index (χ4v) is 5.58. The summed E-state index contributed by atoms with van der Waals surface area (Å²) >= 11 is 31.1. The van der Waals surface area contributed by atoms with Gasteiger partial charge in [0.1, 0.15) is 16.0 Å². The lowest BCUT2D eigenvalue weighted by Gasteiger charge is -2.10. The Morgan fingerprint density at radius 1 is 0.971 bits per heavy atom. The highest BCUT2D eigenvalue weighted by atomic mass is 35.5. The van der Waals surface area contributed by atoms with Crippen molar-refractivity contribution in [2.75, 3.05) is 5.32 Å². The van der Waals surface area contributed by atoms with Crippen LogP contribution < -0.4 is 5.32 Å². The van der Waals surface area contributed by atoms with Gasteiger partial charge in [-0.15, -0.1) is 23.2 Å². The molecule has 1 amide bonds. The van der Waals surface area contributed by atoms with E-state index in [4.69, 9.17) is 58.0 Å². The number of hydrogen-bond acceptors (Lipinski definition) is 2. The molecule has 182 valence electrons. The molecule has 0 spiro atoms. The third kappa shape index (κ3) is 5.30. The summed E-state index contributed by atoms with van der Waals surface area (Å²) < 4.78 is 26.5. The minimum atomic E-state index is -1.37. The van der Waals surface area contributed by atoms with Crippen LogP contribution in [0.5, 0.6) is 0 Å². The topological polar surface area (TPSA) is 46.2 Å². The van der Waals surface area contributed by atoms with Gasteiger partial charge in [-0.1, -0.05) is 40.9 Å². The van der Waals surface area contributed by atoms with E-state index in [1.54, 1.807) is 18.2 Å². The summed E-state index contributed by atoms with van der Waals surface area (Å²) in [5, 5.41) is 3.59. The van der Waals surface area contributed by atoms with Crippen molar-refractivity contribution < 1.29 is 18.4 Å². The molecule has 2 unspecified atom stereocenters. The van der Waals surface area contributed by atoms with Gasteiger partial charge < -0.3 is 5.32 Å². The Kier molecular flexibility index (Phi) is 7.38. The average Bonchev–Trinajstić information content (AvgIpc) is 3.36. The Hall–Kier alpha value is -1.89. The number of carbonyl (C=O) groups excluding carboxylic acids is 2. The van der Waals surface area contributed by atoms with Crippen LogP contribution in [0.1, 0.15) is 33.0 Å². The van der Waals surface area contributed by atoms with Crippen molar-refractivity contribution >= 4 is 75.4 Å². The van der Waals surface area contributed by atoms with E-state index in [1.165, 1.54) is 31.2 Å². The van der Waals surface area contributed by atoms with Gasteiger partial charge in [-0.05, 0) is 60.5 Å². The molecule has 1 fully saturated rings. The molecular formula is C25H16Cl5F2NO2. The SMILES string of the molecule is Cc1c(F)ccc(CC(=O)c2cc(NC(=O)C3C(c4cc(Cl)cc(Cl)c4)C3(Cl)Cl)ccc2Cl)c1F. The highest BCUT2D eigenvalue weighted by molar-refractivity contribution is 6.53. The van der Waals surface area contributed by atoms with Crippen LogP contribution in [0, 0.1) is 24.5 Å². The van der Waals surface area contributed by atoms with Crippen LogP contribution in [-0.4, -0.2) is 16.0 Å². The number of amides is 1. The van der Waals surface area contributed by atoms with Gasteiger partial charge in [0.2, 0.25) is 5.91 Å². The van der Waals surface area contributed by atoms with Crippen LogP contribution in [-0.2, 0) is 11.2 Å². The van der Waals surface area contributed by atoms with Crippen molar-refractivity contribution in [1.29, 1.82) is 0 Å². The third-order valence-electron chi connectivity index (χ3n) is 5.87. The first kappa shape index (κ1) is 26.2. The second-order valence-electron chi connectivity index (χ2n) is 8.26. The molecule has 0 aromatic heterocycles. The number of hydrogen-bond donors (Lipinski definition) is 1. The number of anilines is 1. The van der Waals surface area contributed by atoms with Crippen LogP contribution in [0.2, 0.25) is 15.1 Å². The number of rotatable bonds is 6. The minimum Gasteiger partial charge on any atom is -0.326 e. The number of carbonyl (C=O) groups is 2. The fraction of sp³-hybridized carbons (Fsp3) is 0.200. The maximum absolute atomic E-state index is 14.4. The van der Waals surface area contributed by atoms with E-state index in [0.29, 0.717) is 15.6 Å². The van der Waals surface area contributed by atoms with E-state index >= 15 is 0 Å². The maximum Gasteiger partial charge on any atom is 0.231 e. The summed E-state index contributed by atoms with van der Waals surface area (Å²) in [7, 11) is 0. The van der Waals surface area contributed by atoms with Crippen molar-refractivity contribution in [3.05, 3.63) is 97.5 Å². The molecule has 3 aromatic rings. The molecule has 0 heterocycles. The van der Waals surface area contributed by atoms with E-state index in [2.05, 4.69) is 5.32 Å². The highest BCUT2D eigenvalue weighted by Gasteiger charge is 2.67. The molecule has 2 atom stereocenters. The van der Waals surface area contributed by atoms with Crippen LogP contribution in [0.3, 0.4) is 0 Å². The van der Waals surface area contributed by atoms with Gasteiger partial charge in [0.15, 0.2) is 5.78 Å². The molecule has 0 bridgehead atoms. The predicted octanol–water partition coefficient (Wildman–Crippen LogP) is 8.18. The largest absolute Gasteiger partial charge is 0.326 e. The summed E-state index contributed by atoms with van der Waals surface area (Å²) in [6.07, 6.45) is -0.337. The van der Waals surface area contributed by atoms with Crippen LogP contribution in [0.15, 0.2) is 48.5 Å². The summed E-state index contributed by atoms with van der Waals surface area (Å²) in [6.45, 7) is 1.29. The molecule has 4 rings (SSSR count). The van der Waals surface area contributed by atoms with Crippen LogP contribution in [0.4, 0.5) is 14.5 Å². The molecule has 0 aliphatic heterocycles. The average molecular weight is 578 g/mol. The lowest BCUT2D eigenvalue weighted by atomic mass is 10.00. The Balaban J connectivity index is 1.52. The van der Waals surface area contributed by atoms with Crippen LogP contribution >= 0.6 is 58.0 Å². The Labute approximate surface area is 225 Å². The van der Waals surface area contributed by atoms with Gasteiger partial charge in [-0.3, -0.25) is 9.59 Å². The first-order valence-electron chi connectivity index (χ1n) is 10.3. The number of alkyl halides is 2. The molecule has 3 aromatic carbocycles.